The average molecular weight is 276 g/mol. The molecule has 1 aromatic carbocycles. The van der Waals surface area contributed by atoms with Crippen LogP contribution in [0.15, 0.2) is 24.3 Å². The zero-order chi connectivity index (χ0) is 6.69. The topological polar surface area (TPSA) is 37.3 Å². The van der Waals surface area contributed by atoms with Crippen LogP contribution < -0.4 is 37.2 Å². The standard InChI is InChI=1S/C7H6O2.3ClH.Ti/c8-5-6-3-1-2-4-7(6)9;;;;/h1-5,9H;3*1H;/q;;;;+2/p-3. The van der Waals surface area contributed by atoms with Crippen LogP contribution in [0.3, 0.4) is 0 Å². The molecule has 0 bridgehead atoms. The van der Waals surface area contributed by atoms with Gasteiger partial charge in [0.15, 0.2) is 6.29 Å². The van der Waals surface area contributed by atoms with Crippen LogP contribution in [0, 0.1) is 0 Å². The van der Waals surface area contributed by atoms with Gasteiger partial charge in [0.1, 0.15) is 5.75 Å². The minimum absolute atomic E-state index is 0. The number of halogens is 3. The fourth-order valence-corrected chi connectivity index (χ4v) is 0.587. The van der Waals surface area contributed by atoms with Crippen molar-refractivity contribution in [3.05, 3.63) is 29.8 Å². The van der Waals surface area contributed by atoms with Crippen molar-refractivity contribution in [1.29, 1.82) is 0 Å². The van der Waals surface area contributed by atoms with E-state index in [2.05, 4.69) is 0 Å². The Morgan fingerprint density at radius 2 is 1.54 bits per heavy atom. The fourth-order valence-electron chi connectivity index (χ4n) is 0.587. The minimum Gasteiger partial charge on any atom is -1.00 e. The normalized spacial score (nSPS) is 6.15. The largest absolute Gasteiger partial charge is 2.00 e. The van der Waals surface area contributed by atoms with Crippen molar-refractivity contribution in [2.45, 2.75) is 0 Å². The second kappa shape index (κ2) is 12.3. The Kier molecular flexibility index (Phi) is 22.0. The first-order valence-electron chi connectivity index (χ1n) is 2.58. The van der Waals surface area contributed by atoms with E-state index in [9.17, 15) is 4.79 Å². The van der Waals surface area contributed by atoms with E-state index in [-0.39, 0.29) is 64.7 Å². The van der Waals surface area contributed by atoms with Crippen LogP contribution in [0.2, 0.25) is 0 Å². The molecule has 0 saturated heterocycles. The van der Waals surface area contributed by atoms with Crippen molar-refractivity contribution in [3.8, 4) is 5.75 Å². The van der Waals surface area contributed by atoms with Gasteiger partial charge in [-0.25, -0.2) is 0 Å². The molecule has 1 rings (SSSR count). The van der Waals surface area contributed by atoms with Gasteiger partial charge >= 0.3 is 21.7 Å². The maximum absolute atomic E-state index is 10.1. The summed E-state index contributed by atoms with van der Waals surface area (Å²) in [6.45, 7) is 0. The van der Waals surface area contributed by atoms with Gasteiger partial charge in [-0.15, -0.1) is 0 Å². The first-order valence-corrected chi connectivity index (χ1v) is 2.58. The van der Waals surface area contributed by atoms with Crippen LogP contribution in [0.4, 0.5) is 0 Å². The molecule has 0 radical (unpaired) electrons. The molecule has 0 aromatic heterocycles. The number of benzene rings is 1. The van der Waals surface area contributed by atoms with Crippen LogP contribution >= 0.6 is 0 Å². The van der Waals surface area contributed by atoms with Gasteiger partial charge in [-0.2, -0.15) is 0 Å². The summed E-state index contributed by atoms with van der Waals surface area (Å²) >= 11 is 0. The zero-order valence-corrected chi connectivity index (χ0v) is 10.2. The predicted molar refractivity (Wildman–Crippen MR) is 33.5 cm³/mol. The summed E-state index contributed by atoms with van der Waals surface area (Å²) in [5.41, 5.74) is 0.331. The summed E-state index contributed by atoms with van der Waals surface area (Å²) in [5.74, 6) is 0.0347. The number of phenols is 1. The van der Waals surface area contributed by atoms with Crippen LogP contribution in [0.5, 0.6) is 5.75 Å². The predicted octanol–water partition coefficient (Wildman–Crippen LogP) is -7.79. The summed E-state index contributed by atoms with van der Waals surface area (Å²) in [5, 5.41) is 8.88. The Hall–Kier alpha value is 0.274. The van der Waals surface area contributed by atoms with Gasteiger partial charge in [-0.1, -0.05) is 12.1 Å². The Balaban J connectivity index is -0.000000101. The smallest absolute Gasteiger partial charge is 1.00 e. The fraction of sp³-hybridized carbons (Fsp3) is 0. The molecule has 1 aromatic rings. The molecule has 0 heterocycles. The Bertz CT molecular complexity index is 233. The quantitative estimate of drug-likeness (QED) is 0.409. The van der Waals surface area contributed by atoms with E-state index in [1.807, 2.05) is 0 Å². The number of carbonyl (C=O) groups excluding carboxylic acids is 1. The third kappa shape index (κ3) is 7.35. The molecule has 0 aliphatic rings. The summed E-state index contributed by atoms with van der Waals surface area (Å²) in [6, 6.07) is 6.40. The van der Waals surface area contributed by atoms with Gasteiger partial charge in [0.2, 0.25) is 0 Å². The van der Waals surface area contributed by atoms with Gasteiger partial charge in [-0.05, 0) is 12.1 Å². The van der Waals surface area contributed by atoms with Crippen LogP contribution in [0.25, 0.3) is 0 Å². The summed E-state index contributed by atoms with van der Waals surface area (Å²) in [6.07, 6.45) is 0.620. The van der Waals surface area contributed by atoms with E-state index in [1.165, 1.54) is 6.07 Å². The number of carbonyl (C=O) groups is 1. The van der Waals surface area contributed by atoms with E-state index < -0.39 is 0 Å². The first-order chi connectivity index (χ1) is 4.34. The minimum atomic E-state index is 0. The molecule has 6 heteroatoms. The van der Waals surface area contributed by atoms with Crippen LogP contribution in [-0.4, -0.2) is 11.4 Å². The molecule has 13 heavy (non-hydrogen) atoms. The van der Waals surface area contributed by atoms with Crippen molar-refractivity contribution in [2.24, 2.45) is 0 Å². The van der Waals surface area contributed by atoms with Crippen molar-refractivity contribution in [3.63, 3.8) is 0 Å². The molecule has 2 nitrogen and oxygen atoms in total. The molecule has 0 aliphatic heterocycles. The molecule has 0 atom stereocenters. The van der Waals surface area contributed by atoms with Gasteiger partial charge in [0.25, 0.3) is 0 Å². The van der Waals surface area contributed by atoms with Crippen molar-refractivity contribution in [1.82, 2.24) is 0 Å². The van der Waals surface area contributed by atoms with E-state index in [0.29, 0.717) is 11.8 Å². The van der Waals surface area contributed by atoms with E-state index in [1.54, 1.807) is 18.2 Å². The summed E-state index contributed by atoms with van der Waals surface area (Å²) in [4.78, 5) is 10.1. The Morgan fingerprint density at radius 3 is 1.85 bits per heavy atom. The molecule has 0 fully saturated rings. The van der Waals surface area contributed by atoms with Crippen molar-refractivity contribution < 1.29 is 68.8 Å². The number of hydrogen-bond acceptors (Lipinski definition) is 2. The molecule has 0 spiro atoms. The molecular formula is C7H6Cl3O2Ti-. The van der Waals surface area contributed by atoms with Gasteiger partial charge < -0.3 is 42.3 Å². The number of rotatable bonds is 1. The van der Waals surface area contributed by atoms with E-state index in [4.69, 9.17) is 5.11 Å². The molecule has 0 unspecified atom stereocenters. The monoisotopic (exact) mass is 275 g/mol. The molecule has 0 aliphatic carbocycles. The molecular weight excluding hydrogens is 270 g/mol. The van der Waals surface area contributed by atoms with Crippen LogP contribution in [0.1, 0.15) is 10.4 Å². The molecule has 72 valence electrons. The third-order valence-electron chi connectivity index (χ3n) is 1.06. The van der Waals surface area contributed by atoms with Gasteiger partial charge in [0, 0.05) is 0 Å². The second-order valence-electron chi connectivity index (χ2n) is 1.68. The number of phenolic OH excluding ortho intramolecular Hbond substituents is 1. The number of hydrogen-bond donors (Lipinski definition) is 1. The van der Waals surface area contributed by atoms with E-state index in [0.717, 1.165) is 0 Å². The second-order valence-corrected chi connectivity index (χ2v) is 1.68. The Morgan fingerprint density at radius 1 is 1.08 bits per heavy atom. The van der Waals surface area contributed by atoms with Crippen LogP contribution in [-0.2, 0) is 21.7 Å². The zero-order valence-electron chi connectivity index (χ0n) is 6.38. The molecule has 0 saturated carbocycles. The SMILES string of the molecule is O=Cc1ccccc1O.[Cl-].[Cl-].[Cl-].[Ti+2]. The Labute approximate surface area is 110 Å². The first kappa shape index (κ1) is 23.3. The number of aldehydes is 1. The van der Waals surface area contributed by atoms with Gasteiger partial charge in [0.05, 0.1) is 5.56 Å². The molecule has 0 amide bonds. The third-order valence-corrected chi connectivity index (χ3v) is 1.06. The average Bonchev–Trinajstić information content (AvgIpc) is 1.89. The maximum atomic E-state index is 10.1. The molecule has 1 N–H and O–H groups in total. The number of para-hydroxylation sites is 1. The van der Waals surface area contributed by atoms with Gasteiger partial charge in [-0.3, -0.25) is 4.79 Å². The van der Waals surface area contributed by atoms with Crippen molar-refractivity contribution >= 4 is 6.29 Å². The summed E-state index contributed by atoms with van der Waals surface area (Å²) < 4.78 is 0. The van der Waals surface area contributed by atoms with Crippen molar-refractivity contribution in [2.75, 3.05) is 0 Å². The summed E-state index contributed by atoms with van der Waals surface area (Å²) in [7, 11) is 0. The maximum Gasteiger partial charge on any atom is 2.00 e. The number of aromatic hydroxyl groups is 1. The van der Waals surface area contributed by atoms with E-state index >= 15 is 0 Å².